The third kappa shape index (κ3) is 3.93. The van der Waals surface area contributed by atoms with Crippen LogP contribution < -0.4 is 5.73 Å². The first-order chi connectivity index (χ1) is 9.06. The molecule has 2 N–H and O–H groups in total. The lowest BCUT2D eigenvalue weighted by molar-refractivity contribution is 0.595. The van der Waals surface area contributed by atoms with Crippen LogP contribution in [0.5, 0.6) is 0 Å². The Labute approximate surface area is 119 Å². The molecule has 2 aromatic carbocycles. The predicted octanol–water partition coefficient (Wildman–Crippen LogP) is 4.41. The number of rotatable bonds is 4. The molecule has 100 valence electrons. The van der Waals surface area contributed by atoms with Crippen molar-refractivity contribution in [3.05, 3.63) is 64.7 Å². The Hall–Kier alpha value is -1.10. The highest BCUT2D eigenvalue weighted by atomic mass is 35.5. The summed E-state index contributed by atoms with van der Waals surface area (Å²) in [6.07, 6.45) is 0. The van der Waals surface area contributed by atoms with Gasteiger partial charge in [-0.05, 0) is 30.3 Å². The van der Waals surface area contributed by atoms with Gasteiger partial charge in [0.1, 0.15) is 11.6 Å². The van der Waals surface area contributed by atoms with Crippen molar-refractivity contribution in [2.45, 2.75) is 10.9 Å². The van der Waals surface area contributed by atoms with Gasteiger partial charge in [-0.2, -0.15) is 0 Å². The van der Waals surface area contributed by atoms with Crippen molar-refractivity contribution in [2.24, 2.45) is 5.73 Å². The molecule has 0 saturated heterocycles. The van der Waals surface area contributed by atoms with Gasteiger partial charge in [-0.25, -0.2) is 8.78 Å². The number of thioether (sulfide) groups is 1. The SMILES string of the molecule is NC(CSc1cccc(F)c1)c1ccc(Cl)cc1F. The zero-order valence-electron chi connectivity index (χ0n) is 9.95. The van der Waals surface area contributed by atoms with E-state index >= 15 is 0 Å². The van der Waals surface area contributed by atoms with E-state index in [0.29, 0.717) is 16.3 Å². The van der Waals surface area contributed by atoms with Crippen molar-refractivity contribution in [1.82, 2.24) is 0 Å². The minimum absolute atomic E-state index is 0.295. The lowest BCUT2D eigenvalue weighted by Crippen LogP contribution is -2.14. The number of hydrogen-bond donors (Lipinski definition) is 1. The highest BCUT2D eigenvalue weighted by Crippen LogP contribution is 2.26. The molecule has 1 unspecified atom stereocenters. The van der Waals surface area contributed by atoms with Gasteiger partial charge < -0.3 is 5.73 Å². The van der Waals surface area contributed by atoms with Crippen LogP contribution in [0.25, 0.3) is 0 Å². The van der Waals surface area contributed by atoms with Crippen LogP contribution in [-0.2, 0) is 0 Å². The summed E-state index contributed by atoms with van der Waals surface area (Å²) in [6, 6.07) is 10.2. The van der Waals surface area contributed by atoms with Crippen molar-refractivity contribution in [2.75, 3.05) is 5.75 Å². The molecule has 2 aromatic rings. The van der Waals surface area contributed by atoms with Gasteiger partial charge in [-0.3, -0.25) is 0 Å². The van der Waals surface area contributed by atoms with Crippen LogP contribution >= 0.6 is 23.4 Å². The van der Waals surface area contributed by atoms with E-state index in [1.165, 1.54) is 30.0 Å². The number of halogens is 3. The van der Waals surface area contributed by atoms with Gasteiger partial charge in [0, 0.05) is 27.3 Å². The average molecular weight is 300 g/mol. The molecule has 2 rings (SSSR count). The minimum atomic E-state index is -0.467. The van der Waals surface area contributed by atoms with Crippen molar-refractivity contribution in [3.63, 3.8) is 0 Å². The summed E-state index contributed by atoms with van der Waals surface area (Å²) in [5, 5.41) is 0.339. The third-order valence-electron chi connectivity index (χ3n) is 2.59. The van der Waals surface area contributed by atoms with E-state index in [9.17, 15) is 8.78 Å². The van der Waals surface area contributed by atoms with Gasteiger partial charge in [-0.1, -0.05) is 23.7 Å². The predicted molar refractivity (Wildman–Crippen MR) is 75.5 cm³/mol. The molecule has 0 radical (unpaired) electrons. The average Bonchev–Trinajstić information content (AvgIpc) is 2.36. The van der Waals surface area contributed by atoms with E-state index in [-0.39, 0.29) is 5.82 Å². The maximum absolute atomic E-state index is 13.7. The van der Waals surface area contributed by atoms with E-state index in [0.717, 1.165) is 4.90 Å². The van der Waals surface area contributed by atoms with E-state index in [4.69, 9.17) is 17.3 Å². The first-order valence-corrected chi connectivity index (χ1v) is 7.01. The van der Waals surface area contributed by atoms with Gasteiger partial charge >= 0.3 is 0 Å². The molecule has 0 aliphatic heterocycles. The molecule has 1 nitrogen and oxygen atoms in total. The quantitative estimate of drug-likeness (QED) is 0.846. The van der Waals surface area contributed by atoms with Crippen molar-refractivity contribution >= 4 is 23.4 Å². The first-order valence-electron chi connectivity index (χ1n) is 5.65. The molecule has 0 amide bonds. The molecule has 0 heterocycles. The van der Waals surface area contributed by atoms with Crippen LogP contribution in [0.15, 0.2) is 47.4 Å². The fourth-order valence-corrected chi connectivity index (χ4v) is 2.72. The maximum atomic E-state index is 13.7. The first kappa shape index (κ1) is 14.3. The fraction of sp³-hybridized carbons (Fsp3) is 0.143. The van der Waals surface area contributed by atoms with Crippen LogP contribution in [-0.4, -0.2) is 5.75 Å². The third-order valence-corrected chi connectivity index (χ3v) is 3.94. The molecular formula is C14H12ClF2NS. The van der Waals surface area contributed by atoms with Crippen molar-refractivity contribution < 1.29 is 8.78 Å². The topological polar surface area (TPSA) is 26.0 Å². The lowest BCUT2D eigenvalue weighted by Gasteiger charge is -2.13. The van der Waals surface area contributed by atoms with Gasteiger partial charge in [0.2, 0.25) is 0 Å². The highest BCUT2D eigenvalue weighted by molar-refractivity contribution is 7.99. The van der Waals surface area contributed by atoms with E-state index in [1.54, 1.807) is 24.3 Å². The second kappa shape index (κ2) is 6.37. The van der Waals surface area contributed by atoms with Gasteiger partial charge in [0.25, 0.3) is 0 Å². The van der Waals surface area contributed by atoms with Crippen LogP contribution in [0, 0.1) is 11.6 Å². The molecule has 0 spiro atoms. The largest absolute Gasteiger partial charge is 0.323 e. The Balaban J connectivity index is 2.03. The van der Waals surface area contributed by atoms with Gasteiger partial charge in [0.15, 0.2) is 0 Å². The summed E-state index contributed by atoms with van der Waals surface area (Å²) in [7, 11) is 0. The molecule has 19 heavy (non-hydrogen) atoms. The summed E-state index contributed by atoms with van der Waals surface area (Å²) < 4.78 is 26.7. The van der Waals surface area contributed by atoms with Crippen LogP contribution in [0.4, 0.5) is 8.78 Å². The van der Waals surface area contributed by atoms with E-state index in [2.05, 4.69) is 0 Å². The van der Waals surface area contributed by atoms with Crippen molar-refractivity contribution in [3.8, 4) is 0 Å². The molecular weight excluding hydrogens is 288 g/mol. The maximum Gasteiger partial charge on any atom is 0.129 e. The molecule has 0 aromatic heterocycles. The van der Waals surface area contributed by atoms with E-state index in [1.807, 2.05) is 0 Å². The zero-order valence-corrected chi connectivity index (χ0v) is 11.5. The van der Waals surface area contributed by atoms with Crippen LogP contribution in [0.1, 0.15) is 11.6 Å². The second-order valence-electron chi connectivity index (χ2n) is 4.04. The van der Waals surface area contributed by atoms with Crippen molar-refractivity contribution in [1.29, 1.82) is 0 Å². The number of hydrogen-bond acceptors (Lipinski definition) is 2. The lowest BCUT2D eigenvalue weighted by atomic mass is 10.1. The Morgan fingerprint density at radius 1 is 1.16 bits per heavy atom. The zero-order chi connectivity index (χ0) is 13.8. The molecule has 0 saturated carbocycles. The van der Waals surface area contributed by atoms with E-state index < -0.39 is 11.9 Å². The molecule has 0 fully saturated rings. The fourth-order valence-electron chi connectivity index (χ4n) is 1.63. The molecule has 0 bridgehead atoms. The Kier molecular flexibility index (Phi) is 4.80. The summed E-state index contributed by atoms with van der Waals surface area (Å²) in [6.45, 7) is 0. The van der Waals surface area contributed by atoms with Crippen LogP contribution in [0.2, 0.25) is 5.02 Å². The molecule has 0 aliphatic carbocycles. The highest BCUT2D eigenvalue weighted by Gasteiger charge is 2.12. The number of benzene rings is 2. The Morgan fingerprint density at radius 2 is 1.95 bits per heavy atom. The Morgan fingerprint density at radius 3 is 2.63 bits per heavy atom. The summed E-state index contributed by atoms with van der Waals surface area (Å²) in [5.41, 5.74) is 6.34. The summed E-state index contributed by atoms with van der Waals surface area (Å²) in [4.78, 5) is 0.768. The molecule has 1 atom stereocenters. The van der Waals surface area contributed by atoms with Crippen LogP contribution in [0.3, 0.4) is 0 Å². The van der Waals surface area contributed by atoms with Gasteiger partial charge in [-0.15, -0.1) is 11.8 Å². The smallest absolute Gasteiger partial charge is 0.129 e. The normalized spacial score (nSPS) is 12.4. The minimum Gasteiger partial charge on any atom is -0.323 e. The molecule has 5 heteroatoms. The standard InChI is InChI=1S/C14H12ClF2NS/c15-9-4-5-12(13(17)6-9)14(18)8-19-11-3-1-2-10(16)7-11/h1-7,14H,8,18H2. The number of nitrogens with two attached hydrogens (primary N) is 1. The summed E-state index contributed by atoms with van der Waals surface area (Å²) >= 11 is 7.07. The second-order valence-corrected chi connectivity index (χ2v) is 5.57. The Bertz CT molecular complexity index is 577. The van der Waals surface area contributed by atoms with Gasteiger partial charge in [0.05, 0.1) is 0 Å². The molecule has 0 aliphatic rings. The monoisotopic (exact) mass is 299 g/mol. The summed E-state index contributed by atoms with van der Waals surface area (Å²) in [5.74, 6) is -0.252.